The zero-order chi connectivity index (χ0) is 18.6. The molecule has 0 bridgehead atoms. The highest BCUT2D eigenvalue weighted by molar-refractivity contribution is 7.98. The standard InChI is InChI=1S/C17H16N6O3S/c1-2-24-12-7-5-11(6-8-12)15-19-14(26-22-15)10-27-17-21-20-16(23(17)18)13-4-3-9-25-13/h3-9H,2,10,18H2,1H3. The lowest BCUT2D eigenvalue weighted by Crippen LogP contribution is -2.11. The van der Waals surface area contributed by atoms with Crippen molar-refractivity contribution in [1.82, 2.24) is 25.0 Å². The molecule has 0 fully saturated rings. The Labute approximate surface area is 158 Å². The van der Waals surface area contributed by atoms with Crippen LogP contribution in [0.2, 0.25) is 0 Å². The van der Waals surface area contributed by atoms with Gasteiger partial charge in [0.15, 0.2) is 5.76 Å². The number of furan rings is 1. The van der Waals surface area contributed by atoms with Crippen molar-refractivity contribution in [3.63, 3.8) is 0 Å². The van der Waals surface area contributed by atoms with Gasteiger partial charge in [-0.1, -0.05) is 16.9 Å². The van der Waals surface area contributed by atoms with Gasteiger partial charge in [-0.15, -0.1) is 10.2 Å². The summed E-state index contributed by atoms with van der Waals surface area (Å²) in [6.45, 7) is 2.56. The van der Waals surface area contributed by atoms with E-state index in [0.717, 1.165) is 11.3 Å². The van der Waals surface area contributed by atoms with Crippen LogP contribution < -0.4 is 10.6 Å². The quantitative estimate of drug-likeness (QED) is 0.379. The predicted molar refractivity (Wildman–Crippen MR) is 98.3 cm³/mol. The maximum Gasteiger partial charge on any atom is 0.237 e. The topological polar surface area (TPSA) is 118 Å². The van der Waals surface area contributed by atoms with Crippen LogP contribution in [0, 0.1) is 0 Å². The van der Waals surface area contributed by atoms with E-state index in [1.54, 1.807) is 18.4 Å². The van der Waals surface area contributed by atoms with E-state index >= 15 is 0 Å². The van der Waals surface area contributed by atoms with Gasteiger partial charge in [-0.2, -0.15) is 4.98 Å². The van der Waals surface area contributed by atoms with Gasteiger partial charge in [0.1, 0.15) is 5.75 Å². The van der Waals surface area contributed by atoms with Crippen molar-refractivity contribution >= 4 is 11.8 Å². The van der Waals surface area contributed by atoms with E-state index in [0.29, 0.717) is 40.8 Å². The maximum atomic E-state index is 6.03. The van der Waals surface area contributed by atoms with Crippen molar-refractivity contribution in [2.24, 2.45) is 0 Å². The molecule has 0 atom stereocenters. The fourth-order valence-corrected chi connectivity index (χ4v) is 3.07. The van der Waals surface area contributed by atoms with Gasteiger partial charge in [-0.05, 0) is 43.3 Å². The molecule has 3 aromatic heterocycles. The van der Waals surface area contributed by atoms with Crippen LogP contribution in [-0.4, -0.2) is 31.6 Å². The Kier molecular flexibility index (Phi) is 4.79. The summed E-state index contributed by atoms with van der Waals surface area (Å²) in [7, 11) is 0. The first-order valence-corrected chi connectivity index (χ1v) is 9.16. The molecule has 4 rings (SSSR count). The number of hydrogen-bond donors (Lipinski definition) is 1. The summed E-state index contributed by atoms with van der Waals surface area (Å²) in [5, 5.41) is 12.6. The Balaban J connectivity index is 1.43. The van der Waals surface area contributed by atoms with E-state index in [9.17, 15) is 0 Å². The Morgan fingerprint density at radius 3 is 2.78 bits per heavy atom. The Morgan fingerprint density at radius 1 is 1.19 bits per heavy atom. The fraction of sp³-hybridized carbons (Fsp3) is 0.176. The van der Waals surface area contributed by atoms with Gasteiger partial charge >= 0.3 is 0 Å². The number of nitrogen functional groups attached to an aromatic ring is 1. The summed E-state index contributed by atoms with van der Waals surface area (Å²) < 4.78 is 17.4. The van der Waals surface area contributed by atoms with Crippen molar-refractivity contribution in [1.29, 1.82) is 0 Å². The lowest BCUT2D eigenvalue weighted by molar-refractivity contribution is 0.340. The molecule has 0 saturated heterocycles. The zero-order valence-corrected chi connectivity index (χ0v) is 15.2. The second kappa shape index (κ2) is 7.54. The second-order valence-electron chi connectivity index (χ2n) is 5.41. The minimum Gasteiger partial charge on any atom is -0.494 e. The largest absolute Gasteiger partial charge is 0.494 e. The molecule has 0 radical (unpaired) electrons. The monoisotopic (exact) mass is 384 g/mol. The SMILES string of the molecule is CCOc1ccc(-c2noc(CSc3nnc(-c4ccco4)n3N)n2)cc1. The van der Waals surface area contributed by atoms with Crippen LogP contribution in [0.1, 0.15) is 12.8 Å². The molecule has 0 aliphatic heterocycles. The average Bonchev–Trinajstić information content (AvgIpc) is 3.42. The van der Waals surface area contributed by atoms with Gasteiger partial charge in [0, 0.05) is 5.56 Å². The lowest BCUT2D eigenvalue weighted by atomic mass is 10.2. The molecule has 9 nitrogen and oxygen atoms in total. The zero-order valence-electron chi connectivity index (χ0n) is 14.4. The highest BCUT2D eigenvalue weighted by Gasteiger charge is 2.16. The van der Waals surface area contributed by atoms with E-state index in [4.69, 9.17) is 19.5 Å². The first-order valence-electron chi connectivity index (χ1n) is 8.17. The van der Waals surface area contributed by atoms with Crippen LogP contribution in [-0.2, 0) is 5.75 Å². The molecule has 0 aliphatic carbocycles. The third kappa shape index (κ3) is 3.65. The summed E-state index contributed by atoms with van der Waals surface area (Å²) in [6.07, 6.45) is 1.55. The molecule has 2 N–H and O–H groups in total. The van der Waals surface area contributed by atoms with E-state index in [-0.39, 0.29) is 0 Å². The first kappa shape index (κ1) is 17.2. The average molecular weight is 384 g/mol. The number of hydrogen-bond acceptors (Lipinski definition) is 9. The number of benzene rings is 1. The highest BCUT2D eigenvalue weighted by Crippen LogP contribution is 2.25. The Hall–Kier alpha value is -3.27. The Morgan fingerprint density at radius 2 is 2.04 bits per heavy atom. The number of nitrogens with zero attached hydrogens (tertiary/aromatic N) is 5. The fourth-order valence-electron chi connectivity index (χ4n) is 2.37. The summed E-state index contributed by atoms with van der Waals surface area (Å²) >= 11 is 1.34. The summed E-state index contributed by atoms with van der Waals surface area (Å²) in [5.74, 6) is 9.21. The van der Waals surface area contributed by atoms with Crippen molar-refractivity contribution < 1.29 is 13.7 Å². The smallest absolute Gasteiger partial charge is 0.237 e. The van der Waals surface area contributed by atoms with Crippen LogP contribution in [0.25, 0.3) is 23.0 Å². The van der Waals surface area contributed by atoms with Crippen LogP contribution in [0.15, 0.2) is 56.8 Å². The molecule has 1 aromatic carbocycles. The van der Waals surface area contributed by atoms with Gasteiger partial charge in [-0.3, -0.25) is 0 Å². The summed E-state index contributed by atoms with van der Waals surface area (Å²) in [6, 6.07) is 11.0. The van der Waals surface area contributed by atoms with Crippen LogP contribution in [0.4, 0.5) is 0 Å². The minimum absolute atomic E-state index is 0.414. The molecule has 0 unspecified atom stereocenters. The van der Waals surface area contributed by atoms with Gasteiger partial charge in [0.2, 0.25) is 22.7 Å². The molecular formula is C17H16N6O3S. The number of aromatic nitrogens is 5. The van der Waals surface area contributed by atoms with Crippen molar-refractivity contribution in [2.75, 3.05) is 12.4 Å². The van der Waals surface area contributed by atoms with E-state index in [1.807, 2.05) is 31.2 Å². The summed E-state index contributed by atoms with van der Waals surface area (Å²) in [4.78, 5) is 4.40. The molecule has 0 spiro atoms. The molecule has 0 aliphatic rings. The molecular weight excluding hydrogens is 368 g/mol. The molecule has 10 heteroatoms. The van der Waals surface area contributed by atoms with Crippen LogP contribution >= 0.6 is 11.8 Å². The number of nitrogens with two attached hydrogens (primary N) is 1. The molecule has 27 heavy (non-hydrogen) atoms. The van der Waals surface area contributed by atoms with Crippen LogP contribution in [0.5, 0.6) is 5.75 Å². The van der Waals surface area contributed by atoms with Crippen molar-refractivity contribution in [3.8, 4) is 28.7 Å². The lowest BCUT2D eigenvalue weighted by Gasteiger charge is -2.02. The normalized spacial score (nSPS) is 11.0. The number of ether oxygens (including phenoxy) is 1. The van der Waals surface area contributed by atoms with Gasteiger partial charge in [0.05, 0.1) is 18.6 Å². The van der Waals surface area contributed by atoms with Gasteiger partial charge in [-0.25, -0.2) is 4.68 Å². The third-order valence-corrected chi connectivity index (χ3v) is 4.55. The molecule has 4 aromatic rings. The molecule has 138 valence electrons. The third-order valence-electron chi connectivity index (χ3n) is 3.62. The van der Waals surface area contributed by atoms with E-state index in [2.05, 4.69) is 20.3 Å². The highest BCUT2D eigenvalue weighted by atomic mass is 32.2. The minimum atomic E-state index is 0.414. The van der Waals surface area contributed by atoms with E-state index < -0.39 is 0 Å². The maximum absolute atomic E-state index is 6.03. The van der Waals surface area contributed by atoms with Crippen molar-refractivity contribution in [2.45, 2.75) is 17.8 Å². The number of thioether (sulfide) groups is 1. The molecule has 0 saturated carbocycles. The van der Waals surface area contributed by atoms with Crippen molar-refractivity contribution in [3.05, 3.63) is 48.6 Å². The number of rotatable bonds is 7. The van der Waals surface area contributed by atoms with Gasteiger partial charge < -0.3 is 19.5 Å². The van der Waals surface area contributed by atoms with E-state index in [1.165, 1.54) is 16.4 Å². The predicted octanol–water partition coefficient (Wildman–Crippen LogP) is 2.99. The molecule has 3 heterocycles. The van der Waals surface area contributed by atoms with Gasteiger partial charge in [0.25, 0.3) is 0 Å². The first-order chi connectivity index (χ1) is 13.2. The molecule has 0 amide bonds. The van der Waals surface area contributed by atoms with Crippen LogP contribution in [0.3, 0.4) is 0 Å². The Bertz CT molecular complexity index is 1010. The second-order valence-corrected chi connectivity index (χ2v) is 6.35. The summed E-state index contributed by atoms with van der Waals surface area (Å²) in [5.41, 5.74) is 0.848.